The molecule has 0 spiro atoms. The second-order valence-electron chi connectivity index (χ2n) is 2.72. The molecule has 0 radical (unpaired) electrons. The van der Waals surface area contributed by atoms with E-state index in [1.165, 1.54) is 18.7 Å². The number of hydrogen-bond donors (Lipinski definition) is 0. The minimum atomic E-state index is 0.0633. The summed E-state index contributed by atoms with van der Waals surface area (Å²) >= 11 is 6.78. The van der Waals surface area contributed by atoms with Crippen LogP contribution in [0.25, 0.3) is 0 Å². The van der Waals surface area contributed by atoms with Crippen LogP contribution in [0.1, 0.15) is 18.2 Å². The van der Waals surface area contributed by atoms with Crippen LogP contribution in [-0.2, 0) is 4.79 Å². The van der Waals surface area contributed by atoms with Crippen molar-refractivity contribution in [3.8, 4) is 11.8 Å². The van der Waals surface area contributed by atoms with Crippen molar-refractivity contribution in [1.82, 2.24) is 9.97 Å². The van der Waals surface area contributed by atoms with E-state index in [1.807, 2.05) is 6.92 Å². The third kappa shape index (κ3) is 4.32. The summed E-state index contributed by atoms with van der Waals surface area (Å²) in [4.78, 5) is 18.4. The Hall–Kier alpha value is -1.05. The number of halogens is 1. The lowest BCUT2D eigenvalue weighted by Crippen LogP contribution is -1.91. The smallest absolute Gasteiger partial charge is 0.222 e. The van der Waals surface area contributed by atoms with Crippen LogP contribution in [0.2, 0.25) is 5.28 Å². The molecule has 0 aliphatic heterocycles. The molecule has 0 aliphatic carbocycles. The normalized spacial score (nSPS) is 9.27. The van der Waals surface area contributed by atoms with Gasteiger partial charge in [0.2, 0.25) is 5.28 Å². The number of carbonyl (C=O) groups excluding carboxylic acids is 1. The van der Waals surface area contributed by atoms with Gasteiger partial charge in [0.15, 0.2) is 5.12 Å². The summed E-state index contributed by atoms with van der Waals surface area (Å²) in [6, 6.07) is 0. The SMILES string of the molecule is CC(=O)SCC#Cc1cnc(Cl)nc1C. The lowest BCUT2D eigenvalue weighted by Gasteiger charge is -1.95. The van der Waals surface area contributed by atoms with Crippen molar-refractivity contribution in [1.29, 1.82) is 0 Å². The average Bonchev–Trinajstić information content (AvgIpc) is 2.14. The molecule has 3 nitrogen and oxygen atoms in total. The predicted octanol–water partition coefficient (Wildman–Crippen LogP) is 2.07. The first-order valence-electron chi connectivity index (χ1n) is 4.21. The Labute approximate surface area is 97.6 Å². The Morgan fingerprint density at radius 3 is 3.00 bits per heavy atom. The van der Waals surface area contributed by atoms with Gasteiger partial charge in [-0.05, 0) is 18.5 Å². The van der Waals surface area contributed by atoms with Crippen LogP contribution < -0.4 is 0 Å². The summed E-state index contributed by atoms with van der Waals surface area (Å²) in [6.07, 6.45) is 1.58. The minimum Gasteiger partial charge on any atom is -0.288 e. The highest BCUT2D eigenvalue weighted by atomic mass is 35.5. The Balaban J connectivity index is 2.67. The third-order valence-electron chi connectivity index (χ3n) is 1.52. The summed E-state index contributed by atoms with van der Waals surface area (Å²) in [7, 11) is 0. The zero-order valence-electron chi connectivity index (χ0n) is 8.37. The van der Waals surface area contributed by atoms with Crippen LogP contribution in [0.4, 0.5) is 0 Å². The maximum atomic E-state index is 10.6. The molecular weight excluding hydrogens is 232 g/mol. The second kappa shape index (κ2) is 5.74. The van der Waals surface area contributed by atoms with E-state index < -0.39 is 0 Å². The van der Waals surface area contributed by atoms with Crippen LogP contribution >= 0.6 is 23.4 Å². The highest BCUT2D eigenvalue weighted by Crippen LogP contribution is 2.06. The van der Waals surface area contributed by atoms with Gasteiger partial charge in [-0.2, -0.15) is 0 Å². The number of aryl methyl sites for hydroxylation is 1. The van der Waals surface area contributed by atoms with Crippen LogP contribution in [0.5, 0.6) is 0 Å². The van der Waals surface area contributed by atoms with Gasteiger partial charge in [0.1, 0.15) is 0 Å². The van der Waals surface area contributed by atoms with E-state index in [-0.39, 0.29) is 10.4 Å². The number of carbonyl (C=O) groups is 1. The molecule has 0 amide bonds. The Kier molecular flexibility index (Phi) is 4.60. The Bertz CT molecular complexity index is 437. The molecule has 5 heteroatoms. The summed E-state index contributed by atoms with van der Waals surface area (Å²) in [5.74, 6) is 6.23. The molecule has 0 bridgehead atoms. The van der Waals surface area contributed by atoms with Crippen molar-refractivity contribution >= 4 is 28.5 Å². The predicted molar refractivity (Wildman–Crippen MR) is 61.8 cm³/mol. The lowest BCUT2D eigenvalue weighted by molar-refractivity contribution is -0.109. The van der Waals surface area contributed by atoms with Crippen LogP contribution in [0, 0.1) is 18.8 Å². The van der Waals surface area contributed by atoms with Crippen LogP contribution in [-0.4, -0.2) is 20.8 Å². The van der Waals surface area contributed by atoms with Gasteiger partial charge in [0, 0.05) is 13.1 Å². The lowest BCUT2D eigenvalue weighted by atomic mass is 10.2. The van der Waals surface area contributed by atoms with E-state index in [9.17, 15) is 4.79 Å². The molecule has 1 rings (SSSR count). The van der Waals surface area contributed by atoms with Gasteiger partial charge in [-0.1, -0.05) is 23.6 Å². The van der Waals surface area contributed by atoms with E-state index >= 15 is 0 Å². The summed E-state index contributed by atoms with van der Waals surface area (Å²) in [5, 5.41) is 0.282. The first-order valence-corrected chi connectivity index (χ1v) is 5.57. The van der Waals surface area contributed by atoms with Gasteiger partial charge in [0.05, 0.1) is 17.0 Å². The number of thioether (sulfide) groups is 1. The summed E-state index contributed by atoms with van der Waals surface area (Å²) in [5.41, 5.74) is 1.49. The van der Waals surface area contributed by atoms with Crippen molar-refractivity contribution in [2.75, 3.05) is 5.75 Å². The fourth-order valence-corrected chi connectivity index (χ4v) is 1.35. The Morgan fingerprint density at radius 1 is 1.67 bits per heavy atom. The maximum Gasteiger partial charge on any atom is 0.222 e. The van der Waals surface area contributed by atoms with E-state index in [4.69, 9.17) is 11.6 Å². The number of hydrogen-bond acceptors (Lipinski definition) is 4. The van der Waals surface area contributed by atoms with Gasteiger partial charge >= 0.3 is 0 Å². The number of aromatic nitrogens is 2. The molecule has 15 heavy (non-hydrogen) atoms. The fraction of sp³-hybridized carbons (Fsp3) is 0.300. The largest absolute Gasteiger partial charge is 0.288 e. The zero-order valence-corrected chi connectivity index (χ0v) is 9.95. The van der Waals surface area contributed by atoms with Gasteiger partial charge in [-0.15, -0.1) is 0 Å². The van der Waals surface area contributed by atoms with E-state index in [1.54, 1.807) is 6.20 Å². The van der Waals surface area contributed by atoms with E-state index in [2.05, 4.69) is 21.8 Å². The van der Waals surface area contributed by atoms with Crippen molar-refractivity contribution < 1.29 is 4.79 Å². The molecular formula is C10H9ClN2OS. The van der Waals surface area contributed by atoms with Gasteiger partial charge in [-0.3, -0.25) is 4.79 Å². The highest BCUT2D eigenvalue weighted by Gasteiger charge is 1.97. The average molecular weight is 241 g/mol. The molecule has 1 aromatic rings. The van der Waals surface area contributed by atoms with Gasteiger partial charge in [0.25, 0.3) is 0 Å². The quantitative estimate of drug-likeness (QED) is 0.557. The summed E-state index contributed by atoms with van der Waals surface area (Å²) < 4.78 is 0. The molecule has 0 fully saturated rings. The zero-order chi connectivity index (χ0) is 11.3. The molecule has 0 aromatic carbocycles. The number of rotatable bonds is 1. The first-order chi connectivity index (χ1) is 7.09. The Morgan fingerprint density at radius 2 is 2.40 bits per heavy atom. The molecule has 1 heterocycles. The first kappa shape index (κ1) is 12.0. The minimum absolute atomic E-state index is 0.0633. The van der Waals surface area contributed by atoms with Gasteiger partial charge < -0.3 is 0 Å². The third-order valence-corrected chi connectivity index (χ3v) is 2.40. The van der Waals surface area contributed by atoms with Crippen molar-refractivity contribution in [2.24, 2.45) is 0 Å². The van der Waals surface area contributed by atoms with E-state index in [0.717, 1.165) is 11.3 Å². The molecule has 1 aromatic heterocycles. The van der Waals surface area contributed by atoms with Crippen molar-refractivity contribution in [3.63, 3.8) is 0 Å². The monoisotopic (exact) mass is 240 g/mol. The summed E-state index contributed by atoms with van der Waals surface area (Å²) in [6.45, 7) is 3.33. The maximum absolute atomic E-state index is 10.6. The molecule has 0 saturated heterocycles. The standard InChI is InChI=1S/C10H9ClN2OS/c1-7-9(6-12-10(11)13-7)4-3-5-15-8(2)14/h6H,5H2,1-2H3. The molecule has 0 aliphatic rings. The highest BCUT2D eigenvalue weighted by molar-refractivity contribution is 8.13. The molecule has 0 N–H and O–H groups in total. The molecule has 0 unspecified atom stereocenters. The van der Waals surface area contributed by atoms with Gasteiger partial charge in [-0.25, -0.2) is 9.97 Å². The molecule has 0 saturated carbocycles. The van der Waals surface area contributed by atoms with Crippen LogP contribution in [0.3, 0.4) is 0 Å². The van der Waals surface area contributed by atoms with Crippen molar-refractivity contribution in [2.45, 2.75) is 13.8 Å². The molecule has 0 atom stereocenters. The topological polar surface area (TPSA) is 42.9 Å². The number of nitrogens with zero attached hydrogens (tertiary/aromatic N) is 2. The van der Waals surface area contributed by atoms with Crippen LogP contribution in [0.15, 0.2) is 6.20 Å². The fourth-order valence-electron chi connectivity index (χ4n) is 0.830. The van der Waals surface area contributed by atoms with E-state index in [0.29, 0.717) is 5.75 Å². The molecule has 78 valence electrons. The van der Waals surface area contributed by atoms with Crippen molar-refractivity contribution in [3.05, 3.63) is 22.7 Å². The second-order valence-corrected chi connectivity index (χ2v) is 4.21.